The summed E-state index contributed by atoms with van der Waals surface area (Å²) in [5, 5.41) is 27.4. The Labute approximate surface area is 254 Å². The molecule has 2 heterocycles. The number of methoxy groups -OCH3 is 1. The molecule has 1 atom stereocenters. The second kappa shape index (κ2) is 13.9. The first-order valence-electron chi connectivity index (χ1n) is 13.7. The van der Waals surface area contributed by atoms with Crippen LogP contribution in [0.5, 0.6) is 0 Å². The van der Waals surface area contributed by atoms with Crippen LogP contribution in [0.1, 0.15) is 35.6 Å². The van der Waals surface area contributed by atoms with Crippen molar-refractivity contribution in [3.63, 3.8) is 0 Å². The summed E-state index contributed by atoms with van der Waals surface area (Å²) < 4.78 is 71.9. The topological polar surface area (TPSA) is 147 Å². The molecule has 0 saturated carbocycles. The predicted octanol–water partition coefficient (Wildman–Crippen LogP) is 3.87. The molecular weight excluding hydrogens is 607 g/mol. The number of carbonyl (C=O) groups excluding carboxylic acids is 2. The van der Waals surface area contributed by atoms with Gasteiger partial charge in [-0.2, -0.15) is 18.4 Å². The first-order chi connectivity index (χ1) is 21.3. The van der Waals surface area contributed by atoms with E-state index < -0.39 is 53.0 Å². The highest BCUT2D eigenvalue weighted by molar-refractivity contribution is 6.01. The standard InChI is InChI=1S/C29H29F5N6O5/c1-45-15-22-24(26(41)42)25(16-2-4-20(30)21(31)13-16)40(28(44)38-22)27(43)37-9-8-36-19-6-10-39(11-7-19)23-5-3-18(29(32,33)34)12-17(23)14-35/h2-5,12-13,19,25,36H,6-11,15H2,1H3,(H,37,43)(H,38,44)(H,41,42). The molecule has 2 aliphatic rings. The summed E-state index contributed by atoms with van der Waals surface area (Å²) in [6, 6.07) is 3.83. The van der Waals surface area contributed by atoms with Gasteiger partial charge < -0.3 is 30.7 Å². The van der Waals surface area contributed by atoms with Crippen molar-refractivity contribution >= 4 is 23.7 Å². The second-order valence-corrected chi connectivity index (χ2v) is 10.3. The van der Waals surface area contributed by atoms with E-state index in [1.54, 1.807) is 0 Å². The molecule has 1 unspecified atom stereocenters. The zero-order valence-corrected chi connectivity index (χ0v) is 23.9. The average molecular weight is 637 g/mol. The Kier molecular flexibility index (Phi) is 10.2. The number of carboxylic acids is 1. The molecule has 2 aromatic carbocycles. The van der Waals surface area contributed by atoms with Gasteiger partial charge in [-0.25, -0.2) is 28.1 Å². The van der Waals surface area contributed by atoms with Gasteiger partial charge in [-0.15, -0.1) is 0 Å². The van der Waals surface area contributed by atoms with Crippen molar-refractivity contribution < 1.29 is 46.2 Å². The van der Waals surface area contributed by atoms with Crippen molar-refractivity contribution in [2.75, 3.05) is 44.8 Å². The number of hydrogen-bond acceptors (Lipinski definition) is 7. The van der Waals surface area contributed by atoms with Gasteiger partial charge in [0.25, 0.3) is 0 Å². The van der Waals surface area contributed by atoms with Gasteiger partial charge in [0, 0.05) is 39.3 Å². The Morgan fingerprint density at radius 1 is 1.11 bits per heavy atom. The zero-order valence-electron chi connectivity index (χ0n) is 23.9. The van der Waals surface area contributed by atoms with E-state index in [-0.39, 0.29) is 42.6 Å². The zero-order chi connectivity index (χ0) is 32.9. The minimum atomic E-state index is -4.56. The first kappa shape index (κ1) is 33.1. The molecule has 0 aromatic heterocycles. The monoisotopic (exact) mass is 636 g/mol. The lowest BCUT2D eigenvalue weighted by molar-refractivity contribution is -0.137. The van der Waals surface area contributed by atoms with Crippen LogP contribution in [0.15, 0.2) is 47.7 Å². The number of benzene rings is 2. The van der Waals surface area contributed by atoms with E-state index in [9.17, 15) is 46.7 Å². The summed E-state index contributed by atoms with van der Waals surface area (Å²) >= 11 is 0. The van der Waals surface area contributed by atoms with Crippen LogP contribution >= 0.6 is 0 Å². The fraction of sp³-hybridized carbons (Fsp3) is 0.379. The van der Waals surface area contributed by atoms with Crippen molar-refractivity contribution in [3.8, 4) is 6.07 Å². The number of halogens is 5. The number of anilines is 1. The molecule has 2 aliphatic heterocycles. The van der Waals surface area contributed by atoms with E-state index in [1.807, 2.05) is 11.0 Å². The Balaban J connectivity index is 1.38. The Morgan fingerprint density at radius 2 is 1.82 bits per heavy atom. The van der Waals surface area contributed by atoms with Gasteiger partial charge in [-0.05, 0) is 48.7 Å². The molecule has 0 radical (unpaired) electrons. The molecule has 2 aromatic rings. The third-order valence-electron chi connectivity index (χ3n) is 7.44. The Morgan fingerprint density at radius 3 is 2.42 bits per heavy atom. The van der Waals surface area contributed by atoms with E-state index in [1.165, 1.54) is 13.2 Å². The number of nitrogens with one attached hydrogen (secondary N) is 3. The number of carbonyl (C=O) groups is 3. The molecule has 0 aliphatic carbocycles. The van der Waals surface area contributed by atoms with Crippen molar-refractivity contribution in [1.29, 1.82) is 5.26 Å². The van der Waals surface area contributed by atoms with Gasteiger partial charge in [-0.3, -0.25) is 0 Å². The van der Waals surface area contributed by atoms with E-state index in [0.29, 0.717) is 42.6 Å². The average Bonchev–Trinajstić information content (AvgIpc) is 2.99. The number of imide groups is 1. The lowest BCUT2D eigenvalue weighted by Gasteiger charge is -2.36. The van der Waals surface area contributed by atoms with Gasteiger partial charge in [0.2, 0.25) is 0 Å². The molecule has 4 N–H and O–H groups in total. The van der Waals surface area contributed by atoms with Crippen LogP contribution < -0.4 is 20.9 Å². The van der Waals surface area contributed by atoms with Crippen molar-refractivity contribution in [1.82, 2.24) is 20.9 Å². The maximum atomic E-state index is 14.1. The maximum absolute atomic E-state index is 14.1. The molecule has 16 heteroatoms. The summed E-state index contributed by atoms with van der Waals surface area (Å²) in [6.45, 7) is 0.830. The summed E-state index contributed by atoms with van der Waals surface area (Å²) in [6.07, 6.45) is -3.39. The summed E-state index contributed by atoms with van der Waals surface area (Å²) in [5.74, 6) is -4.01. The normalized spacial score (nSPS) is 17.6. The van der Waals surface area contributed by atoms with Crippen molar-refractivity contribution in [2.24, 2.45) is 0 Å². The summed E-state index contributed by atoms with van der Waals surface area (Å²) in [5.41, 5.74) is -1.32. The highest BCUT2D eigenvalue weighted by Crippen LogP contribution is 2.35. The minimum Gasteiger partial charge on any atom is -0.478 e. The second-order valence-electron chi connectivity index (χ2n) is 10.3. The highest BCUT2D eigenvalue weighted by Gasteiger charge is 2.42. The number of carboxylic acid groups (broad SMARTS) is 1. The predicted molar refractivity (Wildman–Crippen MR) is 149 cm³/mol. The van der Waals surface area contributed by atoms with Crippen molar-refractivity contribution in [3.05, 3.63) is 76.0 Å². The number of ether oxygens (including phenoxy) is 1. The molecule has 240 valence electrons. The molecule has 4 amide bonds. The maximum Gasteiger partial charge on any atom is 0.416 e. The molecule has 11 nitrogen and oxygen atoms in total. The molecule has 0 spiro atoms. The van der Waals surface area contributed by atoms with Gasteiger partial charge in [0.15, 0.2) is 11.6 Å². The van der Waals surface area contributed by atoms with Crippen LogP contribution in [0.4, 0.5) is 37.2 Å². The fourth-order valence-electron chi connectivity index (χ4n) is 5.31. The number of nitrogens with zero attached hydrogens (tertiary/aromatic N) is 3. The third-order valence-corrected chi connectivity index (χ3v) is 7.44. The van der Waals surface area contributed by atoms with E-state index in [0.717, 1.165) is 24.3 Å². The number of piperidine rings is 1. The van der Waals surface area contributed by atoms with E-state index in [2.05, 4.69) is 16.0 Å². The lowest BCUT2D eigenvalue weighted by Crippen LogP contribution is -2.55. The largest absolute Gasteiger partial charge is 0.478 e. The molecule has 45 heavy (non-hydrogen) atoms. The SMILES string of the molecule is COCC1=C(C(=O)O)C(c2ccc(F)c(F)c2)N(C(=O)NCCNC2CCN(c3ccc(C(F)(F)F)cc3C#N)CC2)C(=O)N1. The number of hydrogen-bond donors (Lipinski definition) is 4. The lowest BCUT2D eigenvalue weighted by atomic mass is 9.93. The summed E-state index contributed by atoms with van der Waals surface area (Å²) in [7, 11) is 1.26. The number of nitriles is 1. The smallest absolute Gasteiger partial charge is 0.416 e. The Bertz CT molecular complexity index is 1530. The highest BCUT2D eigenvalue weighted by atomic mass is 19.4. The van der Waals surface area contributed by atoms with E-state index in [4.69, 9.17) is 4.74 Å². The third kappa shape index (κ3) is 7.49. The number of alkyl halides is 3. The first-order valence-corrected chi connectivity index (χ1v) is 13.7. The van der Waals surface area contributed by atoms with Crippen LogP contribution in [0, 0.1) is 23.0 Å². The van der Waals surface area contributed by atoms with Crippen LogP contribution in [-0.2, 0) is 15.7 Å². The molecule has 0 bridgehead atoms. The Hall–Kier alpha value is -4.75. The van der Waals surface area contributed by atoms with Gasteiger partial charge >= 0.3 is 24.2 Å². The molecule has 1 fully saturated rings. The minimum absolute atomic E-state index is 0.00184. The molecule has 4 rings (SSSR count). The summed E-state index contributed by atoms with van der Waals surface area (Å²) in [4.78, 5) is 40.8. The number of rotatable bonds is 9. The van der Waals surface area contributed by atoms with Crippen LogP contribution in [0.25, 0.3) is 0 Å². The van der Waals surface area contributed by atoms with Crippen LogP contribution in [-0.4, -0.2) is 74.0 Å². The van der Waals surface area contributed by atoms with Crippen molar-refractivity contribution in [2.45, 2.75) is 31.1 Å². The quantitative estimate of drug-likeness (QED) is 0.240. The number of amides is 4. The molecular formula is C29H29F5N6O5. The van der Waals surface area contributed by atoms with Crippen LogP contribution in [0.2, 0.25) is 0 Å². The molecule has 1 saturated heterocycles. The number of urea groups is 2. The van der Waals surface area contributed by atoms with Gasteiger partial charge in [0.05, 0.1) is 34.7 Å². The van der Waals surface area contributed by atoms with Crippen LogP contribution in [0.3, 0.4) is 0 Å². The van der Waals surface area contributed by atoms with Gasteiger partial charge in [0.1, 0.15) is 12.1 Å². The fourth-order valence-corrected chi connectivity index (χ4v) is 5.31. The van der Waals surface area contributed by atoms with Gasteiger partial charge in [-0.1, -0.05) is 6.07 Å². The van der Waals surface area contributed by atoms with E-state index >= 15 is 0 Å². The number of aliphatic carboxylic acids is 1.